The normalized spacial score (nSPS) is 18.6. The summed E-state index contributed by atoms with van der Waals surface area (Å²) in [5.41, 5.74) is 12.6. The van der Waals surface area contributed by atoms with E-state index in [1.165, 1.54) is 0 Å². The summed E-state index contributed by atoms with van der Waals surface area (Å²) in [7, 11) is 0. The van der Waals surface area contributed by atoms with Crippen LogP contribution < -0.4 is 27.4 Å². The first-order valence-corrected chi connectivity index (χ1v) is 10.8. The van der Waals surface area contributed by atoms with Crippen molar-refractivity contribution in [2.24, 2.45) is 4.99 Å². The average molecular weight is 471 g/mol. The number of fused-ring (bicyclic) bond motifs is 1. The van der Waals surface area contributed by atoms with Crippen molar-refractivity contribution in [3.63, 3.8) is 0 Å². The summed E-state index contributed by atoms with van der Waals surface area (Å²) in [5.74, 6) is 0.543. The highest BCUT2D eigenvalue weighted by atomic mass is 35.5. The number of aliphatic imine (C=N–C) groups is 1. The Morgan fingerprint density at radius 2 is 1.97 bits per heavy atom. The Hall–Kier alpha value is -3.80. The fraction of sp³-hybridized carbons (Fsp3) is 0.350. The van der Waals surface area contributed by atoms with Crippen molar-refractivity contribution in [3.8, 4) is 0 Å². The van der Waals surface area contributed by atoms with Crippen LogP contribution >= 0.6 is 11.6 Å². The zero-order chi connectivity index (χ0) is 23.2. The molecule has 0 radical (unpaired) electrons. The Kier molecular flexibility index (Phi) is 5.08. The molecule has 1 saturated heterocycles. The molecule has 1 spiro atoms. The van der Waals surface area contributed by atoms with Crippen molar-refractivity contribution in [2.75, 3.05) is 43.0 Å². The summed E-state index contributed by atoms with van der Waals surface area (Å²) < 4.78 is 0. The van der Waals surface area contributed by atoms with E-state index in [2.05, 4.69) is 35.9 Å². The summed E-state index contributed by atoms with van der Waals surface area (Å²) in [4.78, 5) is 42.7. The van der Waals surface area contributed by atoms with Gasteiger partial charge in [-0.15, -0.1) is 0 Å². The lowest BCUT2D eigenvalue weighted by molar-refractivity contribution is -0.128. The number of aromatic amines is 1. The van der Waals surface area contributed by atoms with Crippen LogP contribution in [0.15, 0.2) is 22.8 Å². The Labute approximate surface area is 193 Å². The fourth-order valence-corrected chi connectivity index (χ4v) is 4.37. The molecular formula is C20H23ClN10O2. The molecule has 2 amide bonds. The number of H-pyrrole nitrogens is 1. The summed E-state index contributed by atoms with van der Waals surface area (Å²) in [6.45, 7) is 2.16. The fourth-order valence-electron chi connectivity index (χ4n) is 4.25. The van der Waals surface area contributed by atoms with Gasteiger partial charge in [0.05, 0.1) is 12.1 Å². The van der Waals surface area contributed by atoms with Gasteiger partial charge >= 0.3 is 0 Å². The van der Waals surface area contributed by atoms with Crippen LogP contribution in [0.1, 0.15) is 28.9 Å². The Balaban J connectivity index is 1.18. The molecule has 5 heterocycles. The van der Waals surface area contributed by atoms with Crippen molar-refractivity contribution in [3.05, 3.63) is 34.2 Å². The number of anilines is 3. The number of nitrogens with zero attached hydrogens (tertiary/aromatic N) is 4. The number of aromatic nitrogens is 3. The number of guanidine groups is 1. The van der Waals surface area contributed by atoms with E-state index < -0.39 is 5.91 Å². The molecule has 172 valence electrons. The smallest absolute Gasteiger partial charge is 0.280 e. The van der Waals surface area contributed by atoms with E-state index in [4.69, 9.17) is 23.1 Å². The molecule has 1 fully saturated rings. The van der Waals surface area contributed by atoms with Gasteiger partial charge in [0.2, 0.25) is 0 Å². The highest BCUT2D eigenvalue weighted by Crippen LogP contribution is 2.28. The molecule has 0 aliphatic carbocycles. The van der Waals surface area contributed by atoms with E-state index in [1.54, 1.807) is 0 Å². The van der Waals surface area contributed by atoms with Crippen LogP contribution in [0.4, 0.5) is 17.5 Å². The largest absolute Gasteiger partial charge is 0.382 e. The molecule has 2 aromatic heterocycles. The molecule has 12 nitrogen and oxygen atoms in total. The number of piperidine rings is 1. The van der Waals surface area contributed by atoms with Gasteiger partial charge in [0.1, 0.15) is 5.82 Å². The van der Waals surface area contributed by atoms with Gasteiger partial charge in [-0.05, 0) is 25.0 Å². The van der Waals surface area contributed by atoms with Crippen molar-refractivity contribution in [1.29, 1.82) is 0 Å². The number of halogens is 1. The van der Waals surface area contributed by atoms with Crippen molar-refractivity contribution >= 4 is 52.9 Å². The van der Waals surface area contributed by atoms with Crippen LogP contribution in [-0.2, 0) is 4.79 Å². The average Bonchev–Trinajstić information content (AvgIpc) is 3.43. The number of nitrogens with one attached hydrogen (secondary N) is 4. The number of amides is 2. The first kappa shape index (κ1) is 21.1. The zero-order valence-corrected chi connectivity index (χ0v) is 18.4. The second kappa shape index (κ2) is 7.96. The minimum atomic E-state index is -0.585. The second-order valence-corrected chi connectivity index (χ2v) is 8.64. The summed E-state index contributed by atoms with van der Waals surface area (Å²) >= 11 is 5.86. The lowest BCUT2D eigenvalue weighted by atomic mass is 9.88. The maximum absolute atomic E-state index is 13.0. The number of carbonyl (C=O) groups excluding carboxylic acids is 2. The van der Waals surface area contributed by atoms with Crippen LogP contribution in [0.3, 0.4) is 0 Å². The summed E-state index contributed by atoms with van der Waals surface area (Å²) in [6.07, 6.45) is 5.18. The molecule has 0 bridgehead atoms. The predicted molar refractivity (Wildman–Crippen MR) is 125 cm³/mol. The lowest BCUT2D eigenvalue weighted by Gasteiger charge is -2.39. The van der Waals surface area contributed by atoms with E-state index in [0.29, 0.717) is 45.0 Å². The second-order valence-electron chi connectivity index (χ2n) is 8.28. The van der Waals surface area contributed by atoms with E-state index in [9.17, 15) is 9.59 Å². The van der Waals surface area contributed by atoms with E-state index >= 15 is 0 Å². The minimum Gasteiger partial charge on any atom is -0.382 e. The van der Waals surface area contributed by atoms with Crippen LogP contribution in [-0.4, -0.2) is 69.3 Å². The molecule has 13 heteroatoms. The third kappa shape index (κ3) is 3.93. The number of likely N-dealkylation sites (tertiary alicyclic amines) is 1. The van der Waals surface area contributed by atoms with E-state index in [-0.39, 0.29) is 33.9 Å². The molecule has 0 atom stereocenters. The number of rotatable bonds is 2. The number of nitrogens with two attached hydrogens (primary N) is 2. The van der Waals surface area contributed by atoms with Gasteiger partial charge in [-0.25, -0.2) is 9.97 Å². The van der Waals surface area contributed by atoms with Crippen LogP contribution in [0.25, 0.3) is 6.08 Å². The monoisotopic (exact) mass is 470 g/mol. The Morgan fingerprint density at radius 1 is 1.18 bits per heavy atom. The molecule has 8 N–H and O–H groups in total. The van der Waals surface area contributed by atoms with Gasteiger partial charge in [0, 0.05) is 37.0 Å². The van der Waals surface area contributed by atoms with Crippen molar-refractivity contribution in [1.82, 2.24) is 30.5 Å². The molecule has 3 aliphatic rings. The highest BCUT2D eigenvalue weighted by molar-refractivity contribution is 6.31. The van der Waals surface area contributed by atoms with Gasteiger partial charge in [-0.2, -0.15) is 0 Å². The molecule has 0 saturated carbocycles. The van der Waals surface area contributed by atoms with Gasteiger partial charge in [-0.1, -0.05) is 11.6 Å². The number of nitrogen functional groups attached to an aromatic ring is 2. The molecule has 2 aromatic rings. The van der Waals surface area contributed by atoms with E-state index in [0.717, 1.165) is 17.0 Å². The standard InChI is InChI=1S/C20H23ClN10O2/c21-13-15(23)28-14(22)12(27-13)17(32)29-19-26-9-20(30-19)2-5-31(6-3-20)18(33)11-7-10-1-4-24-16(10)25-8-11/h1,4,7,24-25H,2-3,5-6,8-9H2,(H4,22,23,28)(H2,26,29,30,32). The molecule has 0 aromatic carbocycles. The predicted octanol–water partition coefficient (Wildman–Crippen LogP) is 0.182. The number of hydrogen-bond acceptors (Lipinski definition) is 9. The Bertz CT molecular complexity index is 1200. The maximum Gasteiger partial charge on any atom is 0.280 e. The molecular weight excluding hydrogens is 448 g/mol. The van der Waals surface area contributed by atoms with Crippen LogP contribution in [0.5, 0.6) is 0 Å². The summed E-state index contributed by atoms with van der Waals surface area (Å²) in [6, 6.07) is 1.94. The van der Waals surface area contributed by atoms with Crippen molar-refractivity contribution in [2.45, 2.75) is 18.4 Å². The topological polar surface area (TPSA) is 179 Å². The third-order valence-electron chi connectivity index (χ3n) is 6.12. The lowest BCUT2D eigenvalue weighted by Crippen LogP contribution is -2.57. The van der Waals surface area contributed by atoms with Gasteiger partial charge in [0.15, 0.2) is 28.4 Å². The SMILES string of the molecule is Nc1nc(N)c(C(=O)NC2=NCC3(CCN(C(=O)C4=Cc5cc[nH]c5NC4)CC3)N2)nc1Cl. The highest BCUT2D eigenvalue weighted by Gasteiger charge is 2.40. The Morgan fingerprint density at radius 3 is 2.76 bits per heavy atom. The first-order valence-electron chi connectivity index (χ1n) is 10.5. The number of carbonyl (C=O) groups is 2. The molecule has 5 rings (SSSR count). The van der Waals surface area contributed by atoms with Gasteiger partial charge in [-0.3, -0.25) is 19.9 Å². The number of hydrogen-bond donors (Lipinski definition) is 6. The third-order valence-corrected chi connectivity index (χ3v) is 6.40. The zero-order valence-electron chi connectivity index (χ0n) is 17.6. The van der Waals surface area contributed by atoms with Crippen LogP contribution in [0, 0.1) is 0 Å². The van der Waals surface area contributed by atoms with Gasteiger partial charge < -0.3 is 32.0 Å². The summed E-state index contributed by atoms with van der Waals surface area (Å²) in [5, 5.41) is 9.10. The van der Waals surface area contributed by atoms with E-state index in [1.807, 2.05) is 23.2 Å². The quantitative estimate of drug-likeness (QED) is 0.359. The van der Waals surface area contributed by atoms with Gasteiger partial charge in [0.25, 0.3) is 11.8 Å². The molecule has 0 unspecified atom stereocenters. The first-order chi connectivity index (χ1) is 15.8. The van der Waals surface area contributed by atoms with Crippen LogP contribution in [0.2, 0.25) is 5.15 Å². The molecule has 33 heavy (non-hydrogen) atoms. The van der Waals surface area contributed by atoms with Crippen molar-refractivity contribution < 1.29 is 9.59 Å². The molecule has 3 aliphatic heterocycles. The minimum absolute atomic E-state index is 0.0333. The maximum atomic E-state index is 13.0.